The number of anilines is 1. The van der Waals surface area contributed by atoms with Crippen LogP contribution in [0, 0.1) is 0 Å². The quantitative estimate of drug-likeness (QED) is 0.839. The van der Waals surface area contributed by atoms with Crippen molar-refractivity contribution in [2.45, 2.75) is 38.6 Å². The summed E-state index contributed by atoms with van der Waals surface area (Å²) in [4.78, 5) is 11.2. The molecule has 0 aromatic carbocycles. The average molecular weight is 220 g/mol. The van der Waals surface area contributed by atoms with Crippen LogP contribution >= 0.6 is 0 Å². The second kappa shape index (κ2) is 4.78. The van der Waals surface area contributed by atoms with Gasteiger partial charge in [-0.3, -0.25) is 0 Å². The molecule has 1 saturated heterocycles. The predicted molar refractivity (Wildman–Crippen MR) is 65.5 cm³/mol. The fraction of sp³-hybridized carbons (Fsp3) is 0.667. The first-order valence-corrected chi connectivity index (χ1v) is 6.02. The molecule has 1 aliphatic heterocycles. The molecule has 2 N–H and O–H groups in total. The van der Waals surface area contributed by atoms with Gasteiger partial charge in [0.25, 0.3) is 0 Å². The summed E-state index contributed by atoms with van der Waals surface area (Å²) in [5.74, 6) is 1.29. The van der Waals surface area contributed by atoms with Crippen LogP contribution in [0.25, 0.3) is 0 Å². The van der Waals surface area contributed by atoms with Crippen molar-refractivity contribution in [1.82, 2.24) is 9.97 Å². The third-order valence-electron chi connectivity index (χ3n) is 3.16. The Morgan fingerprint density at radius 3 is 3.06 bits per heavy atom. The first-order chi connectivity index (χ1) is 7.72. The number of nitrogens with zero attached hydrogens (tertiary/aromatic N) is 3. The maximum atomic E-state index is 5.76. The van der Waals surface area contributed by atoms with E-state index >= 15 is 0 Å². The molecular formula is C12H20N4. The summed E-state index contributed by atoms with van der Waals surface area (Å²) in [6.07, 6.45) is 4.20. The Morgan fingerprint density at radius 2 is 2.38 bits per heavy atom. The van der Waals surface area contributed by atoms with Gasteiger partial charge in [0.15, 0.2) is 0 Å². The lowest BCUT2D eigenvalue weighted by molar-refractivity contribution is 0.660. The minimum atomic E-state index is 0.419. The normalized spacial score (nSPS) is 20.8. The smallest absolute Gasteiger partial charge is 0.225 e. The molecule has 2 heterocycles. The lowest BCUT2D eigenvalue weighted by Gasteiger charge is -2.23. The van der Waals surface area contributed by atoms with E-state index in [1.54, 1.807) is 0 Å². The highest BCUT2D eigenvalue weighted by atomic mass is 15.3. The Kier molecular flexibility index (Phi) is 3.39. The lowest BCUT2D eigenvalue weighted by atomic mass is 10.1. The Hall–Kier alpha value is -1.16. The molecule has 0 bridgehead atoms. The Bertz CT molecular complexity index is 351. The molecule has 1 aromatic heterocycles. The van der Waals surface area contributed by atoms with Crippen molar-refractivity contribution < 1.29 is 0 Å². The van der Waals surface area contributed by atoms with E-state index in [1.807, 2.05) is 12.3 Å². The van der Waals surface area contributed by atoms with Gasteiger partial charge in [0.05, 0.1) is 0 Å². The van der Waals surface area contributed by atoms with E-state index in [-0.39, 0.29) is 0 Å². The average Bonchev–Trinajstić information content (AvgIpc) is 2.77. The minimum absolute atomic E-state index is 0.419. The van der Waals surface area contributed by atoms with Gasteiger partial charge in [-0.1, -0.05) is 13.8 Å². The molecule has 4 nitrogen and oxygen atoms in total. The van der Waals surface area contributed by atoms with Crippen molar-refractivity contribution in [3.8, 4) is 0 Å². The second-order valence-corrected chi connectivity index (χ2v) is 4.66. The van der Waals surface area contributed by atoms with Crippen LogP contribution in [0.4, 0.5) is 5.95 Å². The van der Waals surface area contributed by atoms with E-state index < -0.39 is 0 Å². The van der Waals surface area contributed by atoms with Crippen LogP contribution < -0.4 is 10.6 Å². The Balaban J connectivity index is 2.22. The van der Waals surface area contributed by atoms with Crippen LogP contribution in [0.3, 0.4) is 0 Å². The van der Waals surface area contributed by atoms with Crippen LogP contribution in [-0.4, -0.2) is 29.1 Å². The van der Waals surface area contributed by atoms with E-state index in [4.69, 9.17) is 5.73 Å². The summed E-state index contributed by atoms with van der Waals surface area (Å²) in [6.45, 7) is 6.02. The molecule has 1 aromatic rings. The number of rotatable bonds is 3. The molecule has 0 amide bonds. The van der Waals surface area contributed by atoms with Crippen molar-refractivity contribution in [2.24, 2.45) is 5.73 Å². The topological polar surface area (TPSA) is 55.0 Å². The summed E-state index contributed by atoms with van der Waals surface area (Å²) in [7, 11) is 0. The molecule has 0 radical (unpaired) electrons. The Morgan fingerprint density at radius 1 is 1.56 bits per heavy atom. The zero-order valence-electron chi connectivity index (χ0n) is 10.1. The third-order valence-corrected chi connectivity index (χ3v) is 3.16. The fourth-order valence-corrected chi connectivity index (χ4v) is 2.17. The van der Waals surface area contributed by atoms with E-state index in [2.05, 4.69) is 28.7 Å². The number of nitrogens with two attached hydrogens (primary N) is 1. The first kappa shape index (κ1) is 11.3. The summed E-state index contributed by atoms with van der Waals surface area (Å²) in [5, 5.41) is 0. The predicted octanol–water partition coefficient (Wildman–Crippen LogP) is 1.53. The van der Waals surface area contributed by atoms with Gasteiger partial charge in [-0.25, -0.2) is 9.97 Å². The van der Waals surface area contributed by atoms with Crippen molar-refractivity contribution in [1.29, 1.82) is 0 Å². The molecule has 1 atom stereocenters. The molecule has 0 aliphatic carbocycles. The largest absolute Gasteiger partial charge is 0.337 e. The van der Waals surface area contributed by atoms with Gasteiger partial charge in [-0.15, -0.1) is 0 Å². The summed E-state index contributed by atoms with van der Waals surface area (Å²) in [6, 6.07) is 2.41. The molecule has 1 fully saturated rings. The van der Waals surface area contributed by atoms with Gasteiger partial charge < -0.3 is 10.6 Å². The van der Waals surface area contributed by atoms with Crippen molar-refractivity contribution in [3.63, 3.8) is 0 Å². The zero-order valence-corrected chi connectivity index (χ0v) is 10.1. The summed E-state index contributed by atoms with van der Waals surface area (Å²) >= 11 is 0. The molecular weight excluding hydrogens is 200 g/mol. The van der Waals surface area contributed by atoms with Crippen LogP contribution in [0.5, 0.6) is 0 Å². The van der Waals surface area contributed by atoms with Crippen molar-refractivity contribution in [3.05, 3.63) is 18.0 Å². The first-order valence-electron chi connectivity index (χ1n) is 6.02. The van der Waals surface area contributed by atoms with Gasteiger partial charge in [0.2, 0.25) is 5.95 Å². The van der Waals surface area contributed by atoms with E-state index in [0.717, 1.165) is 24.6 Å². The van der Waals surface area contributed by atoms with Gasteiger partial charge in [0, 0.05) is 31.0 Å². The van der Waals surface area contributed by atoms with Crippen LogP contribution in [0.2, 0.25) is 0 Å². The number of aromatic nitrogens is 2. The SMILES string of the molecule is CC(C)c1ccnc(N2CCCC2CN)n1. The molecule has 16 heavy (non-hydrogen) atoms. The van der Waals surface area contributed by atoms with E-state index in [1.165, 1.54) is 6.42 Å². The Labute approximate surface area is 96.9 Å². The van der Waals surface area contributed by atoms with Gasteiger partial charge >= 0.3 is 0 Å². The molecule has 1 unspecified atom stereocenters. The monoisotopic (exact) mass is 220 g/mol. The third kappa shape index (κ3) is 2.16. The molecule has 4 heteroatoms. The number of hydrogen-bond acceptors (Lipinski definition) is 4. The number of hydrogen-bond donors (Lipinski definition) is 1. The van der Waals surface area contributed by atoms with Crippen molar-refractivity contribution >= 4 is 5.95 Å². The molecule has 0 spiro atoms. The van der Waals surface area contributed by atoms with E-state index in [0.29, 0.717) is 18.5 Å². The minimum Gasteiger partial charge on any atom is -0.337 e. The van der Waals surface area contributed by atoms with Gasteiger partial charge in [0.1, 0.15) is 0 Å². The van der Waals surface area contributed by atoms with Crippen LogP contribution in [0.15, 0.2) is 12.3 Å². The lowest BCUT2D eigenvalue weighted by Crippen LogP contribution is -2.36. The highest BCUT2D eigenvalue weighted by Crippen LogP contribution is 2.22. The maximum absolute atomic E-state index is 5.76. The van der Waals surface area contributed by atoms with Gasteiger partial charge in [-0.05, 0) is 24.8 Å². The molecule has 0 saturated carbocycles. The second-order valence-electron chi connectivity index (χ2n) is 4.66. The maximum Gasteiger partial charge on any atom is 0.225 e. The van der Waals surface area contributed by atoms with Crippen molar-refractivity contribution in [2.75, 3.05) is 18.0 Å². The zero-order chi connectivity index (χ0) is 11.5. The highest BCUT2D eigenvalue weighted by Gasteiger charge is 2.25. The standard InChI is InChI=1S/C12H20N4/c1-9(2)11-5-6-14-12(15-11)16-7-3-4-10(16)8-13/h5-6,9-10H,3-4,7-8,13H2,1-2H3. The molecule has 88 valence electrons. The summed E-state index contributed by atoms with van der Waals surface area (Å²) < 4.78 is 0. The van der Waals surface area contributed by atoms with Gasteiger partial charge in [-0.2, -0.15) is 0 Å². The summed E-state index contributed by atoms with van der Waals surface area (Å²) in [5.41, 5.74) is 6.87. The van der Waals surface area contributed by atoms with Crippen LogP contribution in [-0.2, 0) is 0 Å². The molecule has 1 aliphatic rings. The fourth-order valence-electron chi connectivity index (χ4n) is 2.17. The molecule has 2 rings (SSSR count). The highest BCUT2D eigenvalue weighted by molar-refractivity contribution is 5.34. The van der Waals surface area contributed by atoms with Crippen LogP contribution in [0.1, 0.15) is 38.3 Å². The van der Waals surface area contributed by atoms with E-state index in [9.17, 15) is 0 Å².